The van der Waals surface area contributed by atoms with Gasteiger partial charge in [-0.15, -0.1) is 11.6 Å². The van der Waals surface area contributed by atoms with E-state index >= 15 is 0 Å². The SMILES string of the molecule is CCn1nc(C)c2nc(CCCl)n(-c3ccccc3Br)c21. The monoisotopic (exact) mass is 366 g/mol. The highest BCUT2D eigenvalue weighted by Crippen LogP contribution is 2.28. The summed E-state index contributed by atoms with van der Waals surface area (Å²) in [5.74, 6) is 1.51. The van der Waals surface area contributed by atoms with Crippen LogP contribution in [-0.2, 0) is 13.0 Å². The number of para-hydroxylation sites is 1. The molecule has 2 heterocycles. The Hall–Kier alpha value is -1.33. The summed E-state index contributed by atoms with van der Waals surface area (Å²) in [6.07, 6.45) is 0.723. The predicted molar refractivity (Wildman–Crippen MR) is 89.4 cm³/mol. The smallest absolute Gasteiger partial charge is 0.163 e. The Balaban J connectivity index is 2.37. The van der Waals surface area contributed by atoms with E-state index in [0.29, 0.717) is 5.88 Å². The minimum atomic E-state index is 0.544. The van der Waals surface area contributed by atoms with Crippen molar-refractivity contribution in [3.63, 3.8) is 0 Å². The number of aromatic nitrogens is 4. The number of rotatable bonds is 4. The van der Waals surface area contributed by atoms with Crippen LogP contribution in [0.25, 0.3) is 16.9 Å². The average Bonchev–Trinajstić information content (AvgIpc) is 2.98. The molecule has 0 N–H and O–H groups in total. The largest absolute Gasteiger partial charge is 0.280 e. The molecule has 3 rings (SSSR count). The molecule has 0 unspecified atom stereocenters. The van der Waals surface area contributed by atoms with E-state index < -0.39 is 0 Å². The second-order valence-corrected chi connectivity index (χ2v) is 6.06. The summed E-state index contributed by atoms with van der Waals surface area (Å²) >= 11 is 9.59. The van der Waals surface area contributed by atoms with Crippen LogP contribution < -0.4 is 0 Å². The van der Waals surface area contributed by atoms with Gasteiger partial charge in [0.15, 0.2) is 5.65 Å². The number of hydrogen-bond acceptors (Lipinski definition) is 2. The van der Waals surface area contributed by atoms with Gasteiger partial charge in [0.25, 0.3) is 0 Å². The molecule has 0 fully saturated rings. The van der Waals surface area contributed by atoms with E-state index in [2.05, 4.69) is 38.6 Å². The standard InChI is InChI=1S/C15H16BrClN4/c1-3-20-15-14(10(2)19-20)18-13(8-9-17)21(15)12-7-5-4-6-11(12)16/h4-7H,3,8-9H2,1-2H3. The third kappa shape index (κ3) is 2.38. The van der Waals surface area contributed by atoms with E-state index in [0.717, 1.165) is 45.8 Å². The summed E-state index contributed by atoms with van der Waals surface area (Å²) in [7, 11) is 0. The zero-order chi connectivity index (χ0) is 15.0. The van der Waals surface area contributed by atoms with Crippen LogP contribution in [0.3, 0.4) is 0 Å². The molecule has 0 bridgehead atoms. The van der Waals surface area contributed by atoms with Gasteiger partial charge in [-0.1, -0.05) is 12.1 Å². The Bertz CT molecular complexity index is 790. The van der Waals surface area contributed by atoms with Crippen molar-refractivity contribution in [2.24, 2.45) is 0 Å². The molecule has 0 aliphatic carbocycles. The number of alkyl halides is 1. The summed E-state index contributed by atoms with van der Waals surface area (Å²) in [5, 5.41) is 4.57. The third-order valence-corrected chi connectivity index (χ3v) is 4.35. The Kier molecular flexibility index (Phi) is 4.04. The highest BCUT2D eigenvalue weighted by Gasteiger charge is 2.20. The first-order chi connectivity index (χ1) is 10.2. The van der Waals surface area contributed by atoms with Gasteiger partial charge in [0.2, 0.25) is 0 Å². The van der Waals surface area contributed by atoms with Gasteiger partial charge in [0, 0.05) is 23.3 Å². The van der Waals surface area contributed by atoms with Crippen molar-refractivity contribution in [2.75, 3.05) is 5.88 Å². The molecular formula is C15H16BrClN4. The zero-order valence-electron chi connectivity index (χ0n) is 12.0. The van der Waals surface area contributed by atoms with E-state index in [1.807, 2.05) is 29.8 Å². The molecule has 0 aliphatic heterocycles. The average molecular weight is 368 g/mol. The van der Waals surface area contributed by atoms with Crippen molar-refractivity contribution in [1.29, 1.82) is 0 Å². The molecule has 110 valence electrons. The maximum Gasteiger partial charge on any atom is 0.163 e. The summed E-state index contributed by atoms with van der Waals surface area (Å²) < 4.78 is 5.18. The van der Waals surface area contributed by atoms with Crippen LogP contribution in [0, 0.1) is 6.92 Å². The summed E-state index contributed by atoms with van der Waals surface area (Å²) in [5.41, 5.74) is 4.00. The first kappa shape index (κ1) is 14.6. The maximum atomic E-state index is 5.96. The van der Waals surface area contributed by atoms with Gasteiger partial charge in [-0.3, -0.25) is 4.57 Å². The van der Waals surface area contributed by atoms with E-state index in [4.69, 9.17) is 16.6 Å². The number of hydrogen-bond donors (Lipinski definition) is 0. The molecule has 2 aromatic heterocycles. The van der Waals surface area contributed by atoms with Gasteiger partial charge in [0.1, 0.15) is 11.3 Å². The topological polar surface area (TPSA) is 35.6 Å². The summed E-state index contributed by atoms with van der Waals surface area (Å²) in [4.78, 5) is 4.76. The fraction of sp³-hybridized carbons (Fsp3) is 0.333. The normalized spacial score (nSPS) is 11.4. The van der Waals surface area contributed by atoms with Crippen LogP contribution in [0.2, 0.25) is 0 Å². The molecule has 0 saturated carbocycles. The third-order valence-electron chi connectivity index (χ3n) is 3.49. The van der Waals surface area contributed by atoms with Crippen molar-refractivity contribution in [2.45, 2.75) is 26.8 Å². The second-order valence-electron chi connectivity index (χ2n) is 4.83. The van der Waals surface area contributed by atoms with Gasteiger partial charge in [-0.25, -0.2) is 9.67 Å². The minimum absolute atomic E-state index is 0.544. The van der Waals surface area contributed by atoms with Crippen molar-refractivity contribution in [3.8, 4) is 5.69 Å². The fourth-order valence-corrected chi connectivity index (χ4v) is 3.20. The predicted octanol–water partition coefficient (Wildman–Crippen LogP) is 4.09. The minimum Gasteiger partial charge on any atom is -0.280 e. The zero-order valence-corrected chi connectivity index (χ0v) is 14.3. The van der Waals surface area contributed by atoms with Gasteiger partial charge in [-0.2, -0.15) is 5.10 Å². The van der Waals surface area contributed by atoms with E-state index in [-0.39, 0.29) is 0 Å². The number of halogens is 2. The molecule has 0 radical (unpaired) electrons. The molecule has 1 aromatic carbocycles. The molecule has 3 aromatic rings. The van der Waals surface area contributed by atoms with E-state index in [1.54, 1.807) is 0 Å². The lowest BCUT2D eigenvalue weighted by Gasteiger charge is -2.11. The van der Waals surface area contributed by atoms with Gasteiger partial charge < -0.3 is 0 Å². The molecular weight excluding hydrogens is 352 g/mol. The molecule has 0 atom stereocenters. The van der Waals surface area contributed by atoms with Crippen LogP contribution in [0.1, 0.15) is 18.4 Å². The van der Waals surface area contributed by atoms with E-state index in [9.17, 15) is 0 Å². The number of aryl methyl sites for hydroxylation is 3. The van der Waals surface area contributed by atoms with Crippen LogP contribution in [0.4, 0.5) is 0 Å². The van der Waals surface area contributed by atoms with Crippen LogP contribution in [0.15, 0.2) is 28.7 Å². The van der Waals surface area contributed by atoms with Gasteiger partial charge >= 0.3 is 0 Å². The Morgan fingerprint density at radius 3 is 2.71 bits per heavy atom. The van der Waals surface area contributed by atoms with Crippen molar-refractivity contribution in [3.05, 3.63) is 40.3 Å². The highest BCUT2D eigenvalue weighted by atomic mass is 79.9. The van der Waals surface area contributed by atoms with Crippen LogP contribution in [-0.4, -0.2) is 25.2 Å². The van der Waals surface area contributed by atoms with Gasteiger partial charge in [-0.05, 0) is 41.9 Å². The lowest BCUT2D eigenvalue weighted by Crippen LogP contribution is -2.08. The fourth-order valence-electron chi connectivity index (χ4n) is 2.57. The van der Waals surface area contributed by atoms with Crippen LogP contribution >= 0.6 is 27.5 Å². The molecule has 4 nitrogen and oxygen atoms in total. The lowest BCUT2D eigenvalue weighted by atomic mass is 10.3. The summed E-state index contributed by atoms with van der Waals surface area (Å²) in [6.45, 7) is 4.89. The second kappa shape index (κ2) is 5.81. The maximum absolute atomic E-state index is 5.96. The number of fused-ring (bicyclic) bond motifs is 1. The Morgan fingerprint density at radius 2 is 2.05 bits per heavy atom. The van der Waals surface area contributed by atoms with Gasteiger partial charge in [0.05, 0.1) is 11.4 Å². The number of nitrogens with zero attached hydrogens (tertiary/aromatic N) is 4. The summed E-state index contributed by atoms with van der Waals surface area (Å²) in [6, 6.07) is 8.14. The molecule has 0 aliphatic rings. The Labute approximate surface area is 136 Å². The number of benzene rings is 1. The lowest BCUT2D eigenvalue weighted by molar-refractivity contribution is 0.658. The highest BCUT2D eigenvalue weighted by molar-refractivity contribution is 9.10. The first-order valence-electron chi connectivity index (χ1n) is 6.93. The molecule has 6 heteroatoms. The van der Waals surface area contributed by atoms with Crippen molar-refractivity contribution < 1.29 is 0 Å². The quantitative estimate of drug-likeness (QED) is 0.651. The molecule has 0 spiro atoms. The Morgan fingerprint density at radius 1 is 1.29 bits per heavy atom. The number of imidazole rings is 1. The molecule has 0 saturated heterocycles. The van der Waals surface area contributed by atoms with Crippen molar-refractivity contribution in [1.82, 2.24) is 19.3 Å². The van der Waals surface area contributed by atoms with Crippen molar-refractivity contribution >= 4 is 38.7 Å². The van der Waals surface area contributed by atoms with Crippen LogP contribution in [0.5, 0.6) is 0 Å². The molecule has 0 amide bonds. The molecule has 21 heavy (non-hydrogen) atoms. The van der Waals surface area contributed by atoms with E-state index in [1.165, 1.54) is 0 Å². The first-order valence-corrected chi connectivity index (χ1v) is 8.25.